The zero-order valence-electron chi connectivity index (χ0n) is 15.9. The maximum absolute atomic E-state index is 13.8. The van der Waals surface area contributed by atoms with Crippen molar-refractivity contribution >= 4 is 28.3 Å². The van der Waals surface area contributed by atoms with Gasteiger partial charge in [-0.3, -0.25) is 0 Å². The molecule has 2 aromatic rings. The predicted molar refractivity (Wildman–Crippen MR) is 114 cm³/mol. The highest BCUT2D eigenvalue weighted by molar-refractivity contribution is 9.10. The largest absolute Gasteiger partial charge is 0.490 e. The van der Waals surface area contributed by atoms with Gasteiger partial charge in [0.2, 0.25) is 0 Å². The van der Waals surface area contributed by atoms with Crippen molar-refractivity contribution in [3.63, 3.8) is 0 Å². The molecule has 7 heteroatoms. The smallest absolute Gasteiger partial charge is 0.175 e. The Balaban J connectivity index is 0.00000280. The van der Waals surface area contributed by atoms with Crippen LogP contribution < -0.4 is 14.8 Å². The first-order valence-electron chi connectivity index (χ1n) is 9.31. The number of hydrogen-bond acceptors (Lipinski definition) is 4. The maximum atomic E-state index is 13.8. The van der Waals surface area contributed by atoms with E-state index in [0.29, 0.717) is 36.3 Å². The molecule has 0 aliphatic carbocycles. The van der Waals surface area contributed by atoms with Crippen LogP contribution in [0.3, 0.4) is 0 Å². The van der Waals surface area contributed by atoms with Crippen LogP contribution in [0.4, 0.5) is 4.39 Å². The topological polar surface area (TPSA) is 39.7 Å². The van der Waals surface area contributed by atoms with Crippen molar-refractivity contribution in [1.29, 1.82) is 0 Å². The van der Waals surface area contributed by atoms with E-state index in [1.807, 2.05) is 19.1 Å². The van der Waals surface area contributed by atoms with Gasteiger partial charge in [0.1, 0.15) is 12.4 Å². The van der Waals surface area contributed by atoms with Gasteiger partial charge in [0.05, 0.1) is 17.2 Å². The fraction of sp³-hybridized carbons (Fsp3) is 0.429. The summed E-state index contributed by atoms with van der Waals surface area (Å²) in [5, 5.41) is 3.43. The van der Waals surface area contributed by atoms with E-state index in [1.165, 1.54) is 6.07 Å². The van der Waals surface area contributed by atoms with Crippen molar-refractivity contribution in [2.75, 3.05) is 19.8 Å². The lowest BCUT2D eigenvalue weighted by Crippen LogP contribution is -2.25. The minimum absolute atomic E-state index is 0. The van der Waals surface area contributed by atoms with Crippen molar-refractivity contribution in [2.45, 2.75) is 39.0 Å². The van der Waals surface area contributed by atoms with Crippen LogP contribution in [0.25, 0.3) is 0 Å². The quantitative estimate of drug-likeness (QED) is 0.538. The summed E-state index contributed by atoms with van der Waals surface area (Å²) in [5.41, 5.74) is 1.59. The van der Waals surface area contributed by atoms with Crippen LogP contribution in [0.1, 0.15) is 30.9 Å². The van der Waals surface area contributed by atoms with Crippen LogP contribution >= 0.6 is 28.3 Å². The van der Waals surface area contributed by atoms with Crippen LogP contribution in [0.2, 0.25) is 0 Å². The maximum Gasteiger partial charge on any atom is 0.175 e. The zero-order valence-corrected chi connectivity index (χ0v) is 18.3. The first-order chi connectivity index (χ1) is 13.2. The molecule has 1 N–H and O–H groups in total. The molecule has 0 radical (unpaired) electrons. The highest BCUT2D eigenvalue weighted by Crippen LogP contribution is 2.37. The number of hydrogen-bond donors (Lipinski definition) is 1. The molecule has 1 fully saturated rings. The fourth-order valence-electron chi connectivity index (χ4n) is 3.07. The van der Waals surface area contributed by atoms with Crippen molar-refractivity contribution in [3.05, 3.63) is 57.8 Å². The van der Waals surface area contributed by atoms with E-state index in [0.717, 1.165) is 36.0 Å². The normalized spacial score (nSPS) is 15.9. The summed E-state index contributed by atoms with van der Waals surface area (Å²) < 4.78 is 31.9. The first-order valence-corrected chi connectivity index (χ1v) is 10.1. The lowest BCUT2D eigenvalue weighted by Gasteiger charge is -2.16. The third-order valence-electron chi connectivity index (χ3n) is 4.42. The average Bonchev–Trinajstić information content (AvgIpc) is 3.16. The van der Waals surface area contributed by atoms with Crippen molar-refractivity contribution < 1.29 is 18.6 Å². The summed E-state index contributed by atoms with van der Waals surface area (Å²) in [6.45, 7) is 5.01. The van der Waals surface area contributed by atoms with Gasteiger partial charge in [-0.1, -0.05) is 18.2 Å². The standard InChI is InChI=1S/C21H25BrFNO3.ClH/c1-2-25-20-11-15(12-24-13-17-7-5-9-26-17)10-18(22)21(20)27-14-16-6-3-4-8-19(16)23;/h3-4,6,8,10-11,17,24H,2,5,7,9,12-14H2,1H3;1H. The lowest BCUT2D eigenvalue weighted by molar-refractivity contribution is 0.110. The molecule has 4 nitrogen and oxygen atoms in total. The monoisotopic (exact) mass is 473 g/mol. The average molecular weight is 475 g/mol. The van der Waals surface area contributed by atoms with E-state index in [1.54, 1.807) is 18.2 Å². The van der Waals surface area contributed by atoms with Crippen molar-refractivity contribution in [3.8, 4) is 11.5 Å². The highest BCUT2D eigenvalue weighted by atomic mass is 79.9. The Labute approximate surface area is 180 Å². The number of ether oxygens (including phenoxy) is 3. The second-order valence-electron chi connectivity index (χ2n) is 6.48. The van der Waals surface area contributed by atoms with E-state index in [4.69, 9.17) is 14.2 Å². The molecule has 0 spiro atoms. The Kier molecular flexibility index (Phi) is 9.51. The van der Waals surface area contributed by atoms with Crippen LogP contribution in [0, 0.1) is 5.82 Å². The number of rotatable bonds is 9. The molecule has 1 saturated heterocycles. The first kappa shape index (κ1) is 22.9. The minimum atomic E-state index is -0.276. The molecule has 1 aliphatic heterocycles. The molecule has 1 unspecified atom stereocenters. The SMILES string of the molecule is CCOc1cc(CNCC2CCCO2)cc(Br)c1OCc1ccccc1F.Cl. The summed E-state index contributed by atoms with van der Waals surface area (Å²) in [4.78, 5) is 0. The van der Waals surface area contributed by atoms with Gasteiger partial charge in [-0.2, -0.15) is 0 Å². The Morgan fingerprint density at radius 2 is 2.07 bits per heavy atom. The molecule has 154 valence electrons. The van der Waals surface area contributed by atoms with Crippen LogP contribution in [-0.2, 0) is 17.9 Å². The molecule has 1 aliphatic rings. The molecule has 1 atom stereocenters. The van der Waals surface area contributed by atoms with Crippen LogP contribution in [0.5, 0.6) is 11.5 Å². The molecule has 0 saturated carbocycles. The van der Waals surface area contributed by atoms with Crippen LogP contribution in [0.15, 0.2) is 40.9 Å². The third kappa shape index (κ3) is 6.34. The van der Waals surface area contributed by atoms with E-state index in [9.17, 15) is 4.39 Å². The van der Waals surface area contributed by atoms with Gasteiger partial charge in [0, 0.05) is 25.3 Å². The molecule has 1 heterocycles. The molecular formula is C21H26BrClFNO3. The second-order valence-corrected chi connectivity index (χ2v) is 7.34. The van der Waals surface area contributed by atoms with Gasteiger partial charge in [-0.05, 0) is 59.5 Å². The second kappa shape index (κ2) is 11.6. The highest BCUT2D eigenvalue weighted by Gasteiger charge is 2.16. The Morgan fingerprint density at radius 3 is 2.79 bits per heavy atom. The summed E-state index contributed by atoms with van der Waals surface area (Å²) in [6, 6.07) is 10.6. The summed E-state index contributed by atoms with van der Waals surface area (Å²) >= 11 is 3.57. The van der Waals surface area contributed by atoms with Gasteiger partial charge >= 0.3 is 0 Å². The van der Waals surface area contributed by atoms with Crippen molar-refractivity contribution in [1.82, 2.24) is 5.32 Å². The van der Waals surface area contributed by atoms with E-state index in [-0.39, 0.29) is 24.8 Å². The minimum Gasteiger partial charge on any atom is -0.490 e. The Bertz CT molecular complexity index is 756. The molecular weight excluding hydrogens is 449 g/mol. The number of benzene rings is 2. The van der Waals surface area contributed by atoms with Gasteiger partial charge in [-0.15, -0.1) is 12.4 Å². The Hall–Kier alpha value is -1.34. The summed E-state index contributed by atoms with van der Waals surface area (Å²) in [7, 11) is 0. The van der Waals surface area contributed by atoms with Gasteiger partial charge in [0.25, 0.3) is 0 Å². The zero-order chi connectivity index (χ0) is 19.1. The molecule has 2 aromatic carbocycles. The molecule has 28 heavy (non-hydrogen) atoms. The molecule has 0 amide bonds. The van der Waals surface area contributed by atoms with E-state index >= 15 is 0 Å². The third-order valence-corrected chi connectivity index (χ3v) is 5.01. The van der Waals surface area contributed by atoms with Gasteiger partial charge < -0.3 is 19.5 Å². The molecule has 0 bridgehead atoms. The molecule has 0 aromatic heterocycles. The number of nitrogens with one attached hydrogen (secondary N) is 1. The van der Waals surface area contributed by atoms with Gasteiger partial charge in [0.15, 0.2) is 11.5 Å². The van der Waals surface area contributed by atoms with Crippen molar-refractivity contribution in [2.24, 2.45) is 0 Å². The van der Waals surface area contributed by atoms with E-state index < -0.39 is 0 Å². The lowest BCUT2D eigenvalue weighted by atomic mass is 10.2. The number of halogens is 3. The summed E-state index contributed by atoms with van der Waals surface area (Å²) in [5.74, 6) is 0.960. The van der Waals surface area contributed by atoms with E-state index in [2.05, 4.69) is 21.2 Å². The van der Waals surface area contributed by atoms with Crippen LogP contribution in [-0.4, -0.2) is 25.9 Å². The molecule has 3 rings (SSSR count). The fourth-order valence-corrected chi connectivity index (χ4v) is 3.68. The Morgan fingerprint density at radius 1 is 1.25 bits per heavy atom. The summed E-state index contributed by atoms with van der Waals surface area (Å²) in [6.07, 6.45) is 2.56. The predicted octanol–water partition coefficient (Wildman–Crippen LogP) is 5.26. The van der Waals surface area contributed by atoms with Gasteiger partial charge in [-0.25, -0.2) is 4.39 Å².